The molecule has 3 heterocycles. The molecule has 0 aliphatic carbocycles. The van der Waals surface area contributed by atoms with Gasteiger partial charge in [-0.2, -0.15) is 4.98 Å². The molecule has 2 aromatic rings. The standard InChI is InChI=1S/C24H35N7O/c1-16(2)17(3)26-24(32)31-8-7-18-5-6-19(13-20(18)15-31)21-14-22(28-23(25)27-21)30-11-9-29(4)10-12-30/h5-6,13-14,16-17H,7-12,15H2,1-4H3,(H,26,32)(H2,25,27,28)/t17-/m1/s1. The van der Waals surface area contributed by atoms with Crippen molar-refractivity contribution < 1.29 is 4.79 Å². The van der Waals surface area contributed by atoms with Gasteiger partial charge in [-0.15, -0.1) is 0 Å². The van der Waals surface area contributed by atoms with Gasteiger partial charge >= 0.3 is 6.03 Å². The number of nitrogens with one attached hydrogen (secondary N) is 1. The lowest BCUT2D eigenvalue weighted by Gasteiger charge is -2.33. The maximum atomic E-state index is 12.7. The number of anilines is 2. The summed E-state index contributed by atoms with van der Waals surface area (Å²) in [7, 11) is 2.14. The molecular formula is C24H35N7O. The van der Waals surface area contributed by atoms with Crippen LogP contribution in [0.25, 0.3) is 11.3 Å². The largest absolute Gasteiger partial charge is 0.368 e. The van der Waals surface area contributed by atoms with E-state index in [0.29, 0.717) is 12.5 Å². The lowest BCUT2D eigenvalue weighted by molar-refractivity contribution is 0.186. The fourth-order valence-corrected chi connectivity index (χ4v) is 4.14. The van der Waals surface area contributed by atoms with Crippen molar-refractivity contribution in [3.63, 3.8) is 0 Å². The number of amides is 2. The molecule has 2 aliphatic heterocycles. The summed E-state index contributed by atoms with van der Waals surface area (Å²) in [4.78, 5) is 28.2. The number of likely N-dealkylation sites (N-methyl/N-ethyl adjacent to an activating group) is 1. The number of hydrogen-bond donors (Lipinski definition) is 2. The summed E-state index contributed by atoms with van der Waals surface area (Å²) in [5.74, 6) is 1.57. The fourth-order valence-electron chi connectivity index (χ4n) is 4.14. The molecule has 1 atom stereocenters. The van der Waals surface area contributed by atoms with Gasteiger partial charge in [0, 0.05) is 56.9 Å². The number of aromatic nitrogens is 2. The molecule has 2 aliphatic rings. The number of urea groups is 1. The second-order valence-corrected chi connectivity index (χ2v) is 9.40. The van der Waals surface area contributed by atoms with Crippen LogP contribution in [-0.4, -0.2) is 71.6 Å². The summed E-state index contributed by atoms with van der Waals surface area (Å²) in [5.41, 5.74) is 10.4. The van der Waals surface area contributed by atoms with Crippen molar-refractivity contribution in [2.45, 2.75) is 39.8 Å². The van der Waals surface area contributed by atoms with E-state index in [1.807, 2.05) is 11.0 Å². The van der Waals surface area contributed by atoms with Crippen molar-refractivity contribution in [1.29, 1.82) is 0 Å². The average molecular weight is 438 g/mol. The molecule has 0 saturated carbocycles. The van der Waals surface area contributed by atoms with Crippen LogP contribution in [0.5, 0.6) is 0 Å². The Bertz CT molecular complexity index is 969. The Kier molecular flexibility index (Phi) is 6.50. The zero-order valence-electron chi connectivity index (χ0n) is 19.6. The second kappa shape index (κ2) is 9.32. The normalized spacial score (nSPS) is 17.9. The molecule has 1 aromatic heterocycles. The minimum atomic E-state index is 0.00545. The molecule has 3 N–H and O–H groups in total. The molecule has 32 heavy (non-hydrogen) atoms. The second-order valence-electron chi connectivity index (χ2n) is 9.40. The number of nitrogen functional groups attached to an aromatic ring is 1. The van der Waals surface area contributed by atoms with Crippen LogP contribution in [0, 0.1) is 5.92 Å². The van der Waals surface area contributed by atoms with Crippen LogP contribution in [0.2, 0.25) is 0 Å². The Hall–Kier alpha value is -2.87. The number of nitrogens with zero attached hydrogens (tertiary/aromatic N) is 5. The van der Waals surface area contributed by atoms with Gasteiger partial charge < -0.3 is 25.8 Å². The quantitative estimate of drug-likeness (QED) is 0.764. The Morgan fingerprint density at radius 1 is 1.03 bits per heavy atom. The predicted octanol–water partition coefficient (Wildman–Crippen LogP) is 2.59. The molecule has 0 unspecified atom stereocenters. The molecule has 0 spiro atoms. The Labute approximate surface area is 190 Å². The number of benzene rings is 1. The van der Waals surface area contributed by atoms with Gasteiger partial charge in [-0.1, -0.05) is 26.0 Å². The van der Waals surface area contributed by atoms with E-state index in [2.05, 4.69) is 71.1 Å². The first-order valence-electron chi connectivity index (χ1n) is 11.6. The maximum absolute atomic E-state index is 12.7. The van der Waals surface area contributed by atoms with Gasteiger partial charge in [0.1, 0.15) is 5.82 Å². The Morgan fingerprint density at radius 2 is 1.78 bits per heavy atom. The number of hydrogen-bond acceptors (Lipinski definition) is 6. The minimum absolute atomic E-state index is 0.00545. The minimum Gasteiger partial charge on any atom is -0.368 e. The van der Waals surface area contributed by atoms with Gasteiger partial charge in [0.15, 0.2) is 0 Å². The topological polar surface area (TPSA) is 90.6 Å². The molecule has 1 saturated heterocycles. The van der Waals surface area contributed by atoms with Gasteiger partial charge in [0.2, 0.25) is 5.95 Å². The van der Waals surface area contributed by atoms with Gasteiger partial charge in [0.05, 0.1) is 5.69 Å². The predicted molar refractivity (Wildman–Crippen MR) is 129 cm³/mol. The molecule has 172 valence electrons. The maximum Gasteiger partial charge on any atom is 0.317 e. The number of rotatable bonds is 4. The van der Waals surface area contributed by atoms with Gasteiger partial charge in [0.25, 0.3) is 0 Å². The monoisotopic (exact) mass is 437 g/mol. The van der Waals surface area contributed by atoms with Crippen LogP contribution in [-0.2, 0) is 13.0 Å². The van der Waals surface area contributed by atoms with Crippen molar-refractivity contribution in [2.24, 2.45) is 5.92 Å². The molecule has 1 fully saturated rings. The highest BCUT2D eigenvalue weighted by Crippen LogP contribution is 2.28. The van der Waals surface area contributed by atoms with Crippen molar-refractivity contribution in [1.82, 2.24) is 25.1 Å². The highest BCUT2D eigenvalue weighted by atomic mass is 16.2. The zero-order chi connectivity index (χ0) is 22.8. The van der Waals surface area contributed by atoms with Crippen molar-refractivity contribution in [3.05, 3.63) is 35.4 Å². The number of carbonyl (C=O) groups excluding carboxylic acids is 1. The summed E-state index contributed by atoms with van der Waals surface area (Å²) in [6, 6.07) is 8.59. The van der Waals surface area contributed by atoms with Crippen LogP contribution < -0.4 is 16.0 Å². The lowest BCUT2D eigenvalue weighted by atomic mass is 9.96. The van der Waals surface area contributed by atoms with Gasteiger partial charge in [-0.25, -0.2) is 9.78 Å². The van der Waals surface area contributed by atoms with E-state index in [9.17, 15) is 4.79 Å². The number of fused-ring (bicyclic) bond motifs is 1. The molecular weight excluding hydrogens is 402 g/mol. The summed E-state index contributed by atoms with van der Waals surface area (Å²) in [6.07, 6.45) is 0.859. The van der Waals surface area contributed by atoms with E-state index >= 15 is 0 Å². The van der Waals surface area contributed by atoms with E-state index in [-0.39, 0.29) is 18.0 Å². The fraction of sp³-hybridized carbons (Fsp3) is 0.542. The molecule has 8 nitrogen and oxygen atoms in total. The SMILES string of the molecule is CC(C)[C@@H](C)NC(=O)N1CCc2ccc(-c3cc(N4CCN(C)CC4)nc(N)n3)cc2C1. The summed E-state index contributed by atoms with van der Waals surface area (Å²) in [6.45, 7) is 11.5. The average Bonchev–Trinajstić information content (AvgIpc) is 2.78. The first-order chi connectivity index (χ1) is 15.3. The van der Waals surface area contributed by atoms with Crippen LogP contribution in [0.4, 0.5) is 16.6 Å². The van der Waals surface area contributed by atoms with E-state index in [1.165, 1.54) is 11.1 Å². The Morgan fingerprint density at radius 3 is 2.50 bits per heavy atom. The molecule has 0 bridgehead atoms. The first-order valence-corrected chi connectivity index (χ1v) is 11.6. The number of piperazine rings is 1. The highest BCUT2D eigenvalue weighted by molar-refractivity contribution is 5.75. The smallest absolute Gasteiger partial charge is 0.317 e. The van der Waals surface area contributed by atoms with Gasteiger partial charge in [-0.3, -0.25) is 0 Å². The van der Waals surface area contributed by atoms with Crippen molar-refractivity contribution in [3.8, 4) is 11.3 Å². The van der Waals surface area contributed by atoms with Crippen LogP contribution in [0.3, 0.4) is 0 Å². The third-order valence-electron chi connectivity index (χ3n) is 6.71. The molecule has 1 aromatic carbocycles. The molecule has 2 amide bonds. The number of nitrogens with two attached hydrogens (primary N) is 1. The van der Waals surface area contributed by atoms with Crippen molar-refractivity contribution in [2.75, 3.05) is 50.4 Å². The van der Waals surface area contributed by atoms with E-state index in [0.717, 1.165) is 56.2 Å². The van der Waals surface area contributed by atoms with Crippen molar-refractivity contribution >= 4 is 17.8 Å². The molecule has 4 rings (SSSR count). The summed E-state index contributed by atoms with van der Waals surface area (Å²) in [5, 5.41) is 3.12. The highest BCUT2D eigenvalue weighted by Gasteiger charge is 2.23. The van der Waals surface area contributed by atoms with E-state index in [4.69, 9.17) is 5.73 Å². The van der Waals surface area contributed by atoms with E-state index < -0.39 is 0 Å². The Balaban J connectivity index is 1.54. The summed E-state index contributed by atoms with van der Waals surface area (Å²) >= 11 is 0. The van der Waals surface area contributed by atoms with Crippen LogP contribution >= 0.6 is 0 Å². The number of carbonyl (C=O) groups is 1. The third-order valence-corrected chi connectivity index (χ3v) is 6.71. The molecule has 8 heteroatoms. The van der Waals surface area contributed by atoms with E-state index in [1.54, 1.807) is 0 Å². The lowest BCUT2D eigenvalue weighted by Crippen LogP contribution is -2.47. The van der Waals surface area contributed by atoms with Gasteiger partial charge in [-0.05, 0) is 43.5 Å². The van der Waals surface area contributed by atoms with Crippen LogP contribution in [0.1, 0.15) is 31.9 Å². The summed E-state index contributed by atoms with van der Waals surface area (Å²) < 4.78 is 0. The molecule has 0 radical (unpaired) electrons. The first kappa shape index (κ1) is 22.3. The third kappa shape index (κ3) is 4.96. The van der Waals surface area contributed by atoms with Crippen LogP contribution in [0.15, 0.2) is 24.3 Å². The zero-order valence-corrected chi connectivity index (χ0v) is 19.6.